The molecule has 4 aromatic rings. The number of para-hydroxylation sites is 2. The number of carbonyl (C=O) groups excluding carboxylic acids is 2. The number of benzene rings is 3. The van der Waals surface area contributed by atoms with Crippen LogP contribution >= 0.6 is 11.8 Å². The highest BCUT2D eigenvalue weighted by molar-refractivity contribution is 7.99. The number of aromatic nitrogens is 1. The van der Waals surface area contributed by atoms with Gasteiger partial charge >= 0.3 is 0 Å². The number of thioether (sulfide) groups is 1. The van der Waals surface area contributed by atoms with Crippen molar-refractivity contribution in [3.05, 3.63) is 119 Å². The molecular formula is C35H38N4O5S. The van der Waals surface area contributed by atoms with Crippen LogP contribution in [0.2, 0.25) is 0 Å². The molecule has 1 aliphatic heterocycles. The first-order valence-electron chi connectivity index (χ1n) is 15.0. The van der Waals surface area contributed by atoms with E-state index in [9.17, 15) is 14.7 Å². The van der Waals surface area contributed by atoms with Crippen LogP contribution in [-0.4, -0.2) is 33.8 Å². The Morgan fingerprint density at radius 2 is 1.58 bits per heavy atom. The number of hydrogen-bond donors (Lipinski definition) is 4. The monoisotopic (exact) mass is 626 g/mol. The van der Waals surface area contributed by atoms with E-state index in [2.05, 4.69) is 15.6 Å². The number of pyridine rings is 1. The first kappa shape index (κ1) is 32.2. The number of ether oxygens (including phenoxy) is 2. The molecule has 0 bridgehead atoms. The molecule has 3 atom stereocenters. The maximum Gasteiger partial charge on any atom is 0.224 e. The molecule has 0 saturated carbocycles. The third-order valence-corrected chi connectivity index (χ3v) is 8.53. The second kappa shape index (κ2) is 16.2. The Hall–Kier alpha value is -4.22. The van der Waals surface area contributed by atoms with Gasteiger partial charge in [0.2, 0.25) is 11.8 Å². The van der Waals surface area contributed by atoms with Crippen molar-refractivity contribution in [2.45, 2.75) is 62.4 Å². The Bertz CT molecular complexity index is 1540. The average molecular weight is 627 g/mol. The maximum absolute atomic E-state index is 12.4. The fourth-order valence-corrected chi connectivity index (χ4v) is 5.83. The molecule has 5 rings (SSSR count). The summed E-state index contributed by atoms with van der Waals surface area (Å²) >= 11 is 1.65. The topological polar surface area (TPSA) is 136 Å². The SMILES string of the molecule is Nc1ccccc1NC(=O)CCCC(=O)NCc1ccc(C2OC(CSc3ccccn3)CC(c3ccc(CO)cc3)O2)cc1. The first-order valence-corrected chi connectivity index (χ1v) is 16.0. The van der Waals surface area contributed by atoms with Crippen LogP contribution < -0.4 is 16.4 Å². The largest absolute Gasteiger partial charge is 0.397 e. The van der Waals surface area contributed by atoms with Crippen LogP contribution in [0.4, 0.5) is 11.4 Å². The minimum Gasteiger partial charge on any atom is -0.397 e. The zero-order valence-corrected chi connectivity index (χ0v) is 25.7. The molecule has 1 aliphatic rings. The summed E-state index contributed by atoms with van der Waals surface area (Å²) in [4.78, 5) is 29.0. The fourth-order valence-electron chi connectivity index (χ4n) is 4.95. The molecule has 0 radical (unpaired) electrons. The number of hydrogen-bond acceptors (Lipinski definition) is 8. The molecule has 1 fully saturated rings. The lowest BCUT2D eigenvalue weighted by Gasteiger charge is -2.36. The summed E-state index contributed by atoms with van der Waals surface area (Å²) < 4.78 is 12.9. The van der Waals surface area contributed by atoms with Crippen molar-refractivity contribution < 1.29 is 24.2 Å². The van der Waals surface area contributed by atoms with Crippen LogP contribution in [0, 0.1) is 0 Å². The first-order chi connectivity index (χ1) is 22.0. The predicted octanol–water partition coefficient (Wildman–Crippen LogP) is 5.92. The zero-order valence-electron chi connectivity index (χ0n) is 24.9. The Balaban J connectivity index is 1.13. The van der Waals surface area contributed by atoms with E-state index in [0.29, 0.717) is 30.8 Å². The van der Waals surface area contributed by atoms with E-state index in [-0.39, 0.29) is 43.5 Å². The van der Waals surface area contributed by atoms with Crippen molar-refractivity contribution in [2.75, 3.05) is 16.8 Å². The predicted molar refractivity (Wildman–Crippen MR) is 175 cm³/mol. The van der Waals surface area contributed by atoms with E-state index in [4.69, 9.17) is 15.2 Å². The molecule has 45 heavy (non-hydrogen) atoms. The Morgan fingerprint density at radius 3 is 2.31 bits per heavy atom. The minimum atomic E-state index is -0.559. The van der Waals surface area contributed by atoms with Crippen LogP contribution in [0.3, 0.4) is 0 Å². The maximum atomic E-state index is 12.4. The van der Waals surface area contributed by atoms with Crippen LogP contribution in [0.15, 0.2) is 102 Å². The number of nitrogens with zero attached hydrogens (tertiary/aromatic N) is 1. The van der Waals surface area contributed by atoms with Crippen molar-refractivity contribution in [3.8, 4) is 0 Å². The zero-order chi connectivity index (χ0) is 31.4. The van der Waals surface area contributed by atoms with Gasteiger partial charge in [0.1, 0.15) is 0 Å². The molecule has 2 amide bonds. The van der Waals surface area contributed by atoms with Gasteiger partial charge in [0.05, 0.1) is 35.2 Å². The third-order valence-electron chi connectivity index (χ3n) is 7.45. The fraction of sp³-hybridized carbons (Fsp3) is 0.286. The van der Waals surface area contributed by atoms with E-state index < -0.39 is 6.29 Å². The summed E-state index contributed by atoms with van der Waals surface area (Å²) in [6, 6.07) is 28.6. The molecule has 234 valence electrons. The molecule has 0 spiro atoms. The molecule has 3 unspecified atom stereocenters. The Morgan fingerprint density at radius 1 is 0.867 bits per heavy atom. The minimum absolute atomic E-state index is 0.00444. The van der Waals surface area contributed by atoms with Gasteiger partial charge in [-0.25, -0.2) is 4.98 Å². The standard InChI is InChI=1S/C35H38N4O5S/c36-29-6-1-2-7-30(29)39-33(42)9-5-8-32(41)38-21-24-11-17-27(18-12-24)35-43-28(23-45-34-10-3-4-19-37-34)20-31(44-35)26-15-13-25(22-40)14-16-26/h1-4,6-7,10-19,28,31,35,40H,5,8-9,20-23,36H2,(H,38,41)(H,39,42). The van der Waals surface area contributed by atoms with Crippen LogP contribution in [-0.2, 0) is 32.2 Å². The van der Waals surface area contributed by atoms with Crippen molar-refractivity contribution in [1.29, 1.82) is 0 Å². The number of rotatable bonds is 13. The molecule has 9 nitrogen and oxygen atoms in total. The van der Waals surface area contributed by atoms with Gasteiger partial charge in [0.15, 0.2) is 6.29 Å². The Labute approximate surface area is 267 Å². The molecule has 0 aliphatic carbocycles. The van der Waals surface area contributed by atoms with Gasteiger partial charge in [0, 0.05) is 43.3 Å². The van der Waals surface area contributed by atoms with E-state index in [1.807, 2.05) is 66.7 Å². The number of nitrogen functional groups attached to an aromatic ring is 1. The summed E-state index contributed by atoms with van der Waals surface area (Å²) in [7, 11) is 0. The number of carbonyl (C=O) groups is 2. The molecule has 10 heteroatoms. The summed E-state index contributed by atoms with van der Waals surface area (Å²) in [6.07, 6.45) is 2.60. The highest BCUT2D eigenvalue weighted by Crippen LogP contribution is 2.39. The lowest BCUT2D eigenvalue weighted by molar-refractivity contribution is -0.245. The smallest absolute Gasteiger partial charge is 0.224 e. The lowest BCUT2D eigenvalue weighted by Crippen LogP contribution is -2.31. The molecule has 5 N–H and O–H groups in total. The lowest BCUT2D eigenvalue weighted by atomic mass is 10.0. The number of nitrogens with one attached hydrogen (secondary N) is 2. The van der Waals surface area contributed by atoms with E-state index in [1.165, 1.54) is 0 Å². The van der Waals surface area contributed by atoms with Gasteiger partial charge in [-0.05, 0) is 47.4 Å². The molecular weight excluding hydrogens is 588 g/mol. The van der Waals surface area contributed by atoms with Gasteiger partial charge in [-0.2, -0.15) is 0 Å². The number of aliphatic hydroxyl groups is 1. The van der Waals surface area contributed by atoms with E-state index in [1.54, 1.807) is 42.2 Å². The van der Waals surface area contributed by atoms with Crippen LogP contribution in [0.1, 0.15) is 60.3 Å². The molecule has 2 heterocycles. The van der Waals surface area contributed by atoms with Gasteiger partial charge in [-0.1, -0.05) is 66.7 Å². The summed E-state index contributed by atoms with van der Waals surface area (Å²) in [5, 5.41) is 16.1. The normalized spacial score (nSPS) is 17.8. The van der Waals surface area contributed by atoms with Crippen molar-refractivity contribution in [1.82, 2.24) is 10.3 Å². The van der Waals surface area contributed by atoms with Gasteiger partial charge in [-0.15, -0.1) is 11.8 Å². The molecule has 1 saturated heterocycles. The van der Waals surface area contributed by atoms with Gasteiger partial charge in [-0.3, -0.25) is 9.59 Å². The number of anilines is 2. The average Bonchev–Trinajstić information content (AvgIpc) is 3.08. The van der Waals surface area contributed by atoms with Crippen molar-refractivity contribution in [3.63, 3.8) is 0 Å². The Kier molecular flexibility index (Phi) is 11.6. The van der Waals surface area contributed by atoms with E-state index in [0.717, 1.165) is 33.0 Å². The summed E-state index contributed by atoms with van der Waals surface area (Å²) in [6.45, 7) is 0.372. The quantitative estimate of drug-likeness (QED) is 0.106. The third kappa shape index (κ3) is 9.63. The van der Waals surface area contributed by atoms with E-state index >= 15 is 0 Å². The van der Waals surface area contributed by atoms with Gasteiger partial charge in [0.25, 0.3) is 0 Å². The van der Waals surface area contributed by atoms with Crippen LogP contribution in [0.25, 0.3) is 0 Å². The highest BCUT2D eigenvalue weighted by atomic mass is 32.2. The highest BCUT2D eigenvalue weighted by Gasteiger charge is 2.32. The van der Waals surface area contributed by atoms with Crippen molar-refractivity contribution >= 4 is 35.0 Å². The summed E-state index contributed by atoms with van der Waals surface area (Å²) in [5.41, 5.74) is 10.7. The molecule has 3 aromatic carbocycles. The van der Waals surface area contributed by atoms with Gasteiger partial charge < -0.3 is 30.9 Å². The summed E-state index contributed by atoms with van der Waals surface area (Å²) in [5.74, 6) is 0.438. The van der Waals surface area contributed by atoms with Crippen molar-refractivity contribution in [2.24, 2.45) is 0 Å². The second-order valence-corrected chi connectivity index (χ2v) is 11.9. The van der Waals surface area contributed by atoms with Crippen LogP contribution in [0.5, 0.6) is 0 Å². The number of aliphatic hydroxyl groups excluding tert-OH is 1. The molecule has 1 aromatic heterocycles. The number of nitrogens with two attached hydrogens (primary N) is 1. The second-order valence-electron chi connectivity index (χ2n) is 10.8. The number of amides is 2.